The Bertz CT molecular complexity index is 55.3. The van der Waals surface area contributed by atoms with Gasteiger partial charge in [-0.2, -0.15) is 0 Å². The number of nitrogens with one attached hydrogen (secondary N) is 1. The van der Waals surface area contributed by atoms with Crippen LogP contribution in [0.2, 0.25) is 0 Å². The molecule has 0 aliphatic rings. The van der Waals surface area contributed by atoms with E-state index in [2.05, 4.69) is 5.32 Å². The monoisotopic (exact) mass is 209 g/mol. The molecule has 0 rings (SSSR count). The molecule has 0 saturated carbocycles. The van der Waals surface area contributed by atoms with Gasteiger partial charge in [0.05, 0.1) is 6.61 Å². The SMILES string of the molecule is CC.CO.COCCCCNCCO. The first-order chi connectivity index (χ1) is 6.91. The first kappa shape index (κ1) is 19.4. The van der Waals surface area contributed by atoms with Crippen molar-refractivity contribution in [1.29, 1.82) is 0 Å². The molecule has 0 spiro atoms. The highest BCUT2D eigenvalue weighted by Crippen LogP contribution is 1.85. The molecule has 0 aromatic carbocycles. The van der Waals surface area contributed by atoms with Crippen molar-refractivity contribution in [3.05, 3.63) is 0 Å². The van der Waals surface area contributed by atoms with E-state index in [9.17, 15) is 0 Å². The van der Waals surface area contributed by atoms with E-state index in [1.165, 1.54) is 0 Å². The number of unbranched alkanes of at least 4 members (excludes halogenated alkanes) is 1. The number of aliphatic hydroxyl groups excluding tert-OH is 2. The van der Waals surface area contributed by atoms with Crippen LogP contribution in [0.25, 0.3) is 0 Å². The van der Waals surface area contributed by atoms with E-state index in [-0.39, 0.29) is 6.61 Å². The Kier molecular flexibility index (Phi) is 40.6. The van der Waals surface area contributed by atoms with Crippen LogP contribution < -0.4 is 5.32 Å². The molecular formula is C10H27NO3. The average molecular weight is 209 g/mol. The second-order valence-electron chi connectivity index (χ2n) is 2.17. The number of hydrogen-bond acceptors (Lipinski definition) is 4. The molecule has 0 unspecified atom stereocenters. The zero-order valence-electron chi connectivity index (χ0n) is 10.0. The number of rotatable bonds is 7. The fourth-order valence-electron chi connectivity index (χ4n) is 0.700. The molecule has 14 heavy (non-hydrogen) atoms. The molecule has 0 aromatic rings. The molecule has 90 valence electrons. The third-order valence-electron chi connectivity index (χ3n) is 1.24. The molecular weight excluding hydrogens is 182 g/mol. The summed E-state index contributed by atoms with van der Waals surface area (Å²) in [6, 6.07) is 0. The minimum absolute atomic E-state index is 0.226. The first-order valence-corrected chi connectivity index (χ1v) is 5.17. The van der Waals surface area contributed by atoms with Crippen molar-refractivity contribution >= 4 is 0 Å². The lowest BCUT2D eigenvalue weighted by atomic mass is 10.3. The van der Waals surface area contributed by atoms with Crippen molar-refractivity contribution in [1.82, 2.24) is 5.32 Å². The quantitative estimate of drug-likeness (QED) is 0.538. The highest BCUT2D eigenvalue weighted by atomic mass is 16.5. The predicted octanol–water partition coefficient (Wildman–Crippen LogP) is 0.630. The Labute approximate surface area is 88.3 Å². The van der Waals surface area contributed by atoms with Crippen molar-refractivity contribution in [2.24, 2.45) is 0 Å². The van der Waals surface area contributed by atoms with Gasteiger partial charge in [-0.1, -0.05) is 13.8 Å². The van der Waals surface area contributed by atoms with Crippen LogP contribution in [0.15, 0.2) is 0 Å². The summed E-state index contributed by atoms with van der Waals surface area (Å²) in [4.78, 5) is 0. The molecule has 3 N–H and O–H groups in total. The van der Waals surface area contributed by atoms with Gasteiger partial charge in [-0.15, -0.1) is 0 Å². The van der Waals surface area contributed by atoms with E-state index >= 15 is 0 Å². The first-order valence-electron chi connectivity index (χ1n) is 5.17. The summed E-state index contributed by atoms with van der Waals surface area (Å²) >= 11 is 0. The molecule has 0 saturated heterocycles. The standard InChI is InChI=1S/C7H17NO2.C2H6.CH4O/c1-10-7-3-2-4-8-5-6-9;2*1-2/h8-9H,2-7H2,1H3;1-2H3;2H,1H3. The second-order valence-corrected chi connectivity index (χ2v) is 2.17. The lowest BCUT2D eigenvalue weighted by Gasteiger charge is -2.00. The zero-order valence-corrected chi connectivity index (χ0v) is 10.0. The summed E-state index contributed by atoms with van der Waals surface area (Å²) < 4.78 is 4.87. The van der Waals surface area contributed by atoms with Crippen LogP contribution in [0.1, 0.15) is 26.7 Å². The van der Waals surface area contributed by atoms with Crippen molar-refractivity contribution in [3.63, 3.8) is 0 Å². The molecule has 0 aliphatic heterocycles. The van der Waals surface area contributed by atoms with Gasteiger partial charge in [0.15, 0.2) is 0 Å². The summed E-state index contributed by atoms with van der Waals surface area (Å²) in [5.74, 6) is 0. The topological polar surface area (TPSA) is 61.7 Å². The Morgan fingerprint density at radius 2 is 1.64 bits per heavy atom. The average Bonchev–Trinajstić information content (AvgIpc) is 2.29. The molecule has 0 bridgehead atoms. The van der Waals surface area contributed by atoms with Crippen molar-refractivity contribution < 1.29 is 14.9 Å². The maximum Gasteiger partial charge on any atom is 0.0555 e. The van der Waals surface area contributed by atoms with Gasteiger partial charge >= 0.3 is 0 Å². The lowest BCUT2D eigenvalue weighted by molar-refractivity contribution is 0.192. The lowest BCUT2D eigenvalue weighted by Crippen LogP contribution is -2.19. The van der Waals surface area contributed by atoms with Gasteiger partial charge in [-0.25, -0.2) is 0 Å². The third-order valence-corrected chi connectivity index (χ3v) is 1.24. The summed E-state index contributed by atoms with van der Waals surface area (Å²) in [7, 11) is 2.71. The summed E-state index contributed by atoms with van der Waals surface area (Å²) in [5, 5.41) is 18.5. The zero-order chi connectivity index (χ0) is 11.7. The van der Waals surface area contributed by atoms with Crippen molar-refractivity contribution in [3.8, 4) is 0 Å². The molecule has 4 heteroatoms. The maximum atomic E-state index is 8.38. The van der Waals surface area contributed by atoms with E-state index < -0.39 is 0 Å². The van der Waals surface area contributed by atoms with Gasteiger partial charge in [0.1, 0.15) is 0 Å². The minimum Gasteiger partial charge on any atom is -0.400 e. The third kappa shape index (κ3) is 29.7. The van der Waals surface area contributed by atoms with Gasteiger partial charge in [0.2, 0.25) is 0 Å². The van der Waals surface area contributed by atoms with E-state index in [0.29, 0.717) is 6.54 Å². The van der Waals surface area contributed by atoms with Gasteiger partial charge in [-0.3, -0.25) is 0 Å². The maximum absolute atomic E-state index is 8.38. The Balaban J connectivity index is -0.000000266. The Morgan fingerprint density at radius 3 is 2.07 bits per heavy atom. The van der Waals surface area contributed by atoms with E-state index in [1.54, 1.807) is 7.11 Å². The van der Waals surface area contributed by atoms with Gasteiger partial charge in [0.25, 0.3) is 0 Å². The van der Waals surface area contributed by atoms with E-state index in [1.807, 2.05) is 13.8 Å². The van der Waals surface area contributed by atoms with Crippen LogP contribution in [0.5, 0.6) is 0 Å². The summed E-state index contributed by atoms with van der Waals surface area (Å²) in [6.07, 6.45) is 2.21. The van der Waals surface area contributed by atoms with Crippen LogP contribution in [-0.2, 0) is 4.74 Å². The molecule has 0 fully saturated rings. The molecule has 0 amide bonds. The molecule has 4 nitrogen and oxygen atoms in total. The molecule has 0 atom stereocenters. The van der Waals surface area contributed by atoms with Gasteiger partial charge in [-0.05, 0) is 19.4 Å². The van der Waals surface area contributed by atoms with E-state index in [0.717, 1.165) is 33.1 Å². The summed E-state index contributed by atoms with van der Waals surface area (Å²) in [6.45, 7) is 6.74. The normalized spacial score (nSPS) is 8.14. The molecule has 0 radical (unpaired) electrons. The highest BCUT2D eigenvalue weighted by molar-refractivity contribution is 4.45. The predicted molar refractivity (Wildman–Crippen MR) is 60.6 cm³/mol. The van der Waals surface area contributed by atoms with Crippen molar-refractivity contribution in [2.75, 3.05) is 40.5 Å². The number of hydrogen-bond donors (Lipinski definition) is 3. The molecule has 0 aliphatic carbocycles. The Morgan fingerprint density at radius 1 is 1.07 bits per heavy atom. The van der Waals surface area contributed by atoms with E-state index in [4.69, 9.17) is 14.9 Å². The van der Waals surface area contributed by atoms with Gasteiger partial charge in [0, 0.05) is 27.4 Å². The highest BCUT2D eigenvalue weighted by Gasteiger charge is 1.86. The van der Waals surface area contributed by atoms with Crippen LogP contribution >= 0.6 is 0 Å². The molecule has 0 aromatic heterocycles. The van der Waals surface area contributed by atoms with Crippen LogP contribution in [0.4, 0.5) is 0 Å². The second kappa shape index (κ2) is 29.3. The van der Waals surface area contributed by atoms with Crippen LogP contribution in [0, 0.1) is 0 Å². The minimum atomic E-state index is 0.226. The number of aliphatic hydroxyl groups is 2. The number of methoxy groups -OCH3 is 1. The summed E-state index contributed by atoms with van der Waals surface area (Å²) in [5.41, 5.74) is 0. The van der Waals surface area contributed by atoms with Crippen molar-refractivity contribution in [2.45, 2.75) is 26.7 Å². The van der Waals surface area contributed by atoms with Crippen LogP contribution in [0.3, 0.4) is 0 Å². The van der Waals surface area contributed by atoms with Crippen LogP contribution in [-0.4, -0.2) is 50.7 Å². The largest absolute Gasteiger partial charge is 0.400 e. The van der Waals surface area contributed by atoms with Gasteiger partial charge < -0.3 is 20.3 Å². The smallest absolute Gasteiger partial charge is 0.0555 e. The molecule has 0 heterocycles. The fourth-order valence-corrected chi connectivity index (χ4v) is 0.700. The fraction of sp³-hybridized carbons (Fsp3) is 1.00. The Hall–Kier alpha value is -0.160. The number of ether oxygens (including phenoxy) is 1.